The molecule has 0 bridgehead atoms. The van der Waals surface area contributed by atoms with Crippen molar-refractivity contribution in [3.8, 4) is 0 Å². The van der Waals surface area contributed by atoms with Crippen LogP contribution in [0, 0.1) is 0 Å². The fourth-order valence-corrected chi connectivity index (χ4v) is 1.39. The molecule has 1 heterocycles. The Balaban J connectivity index is 2.85. The maximum absolute atomic E-state index is 9.01. The van der Waals surface area contributed by atoms with Gasteiger partial charge in [-0.15, -0.1) is 5.10 Å². The van der Waals surface area contributed by atoms with E-state index in [1.807, 2.05) is 4.68 Å². The lowest BCUT2D eigenvalue weighted by Crippen LogP contribution is -2.05. The highest BCUT2D eigenvalue weighted by molar-refractivity contribution is 5.09. The van der Waals surface area contributed by atoms with Crippen molar-refractivity contribution in [3.63, 3.8) is 0 Å². The molecule has 0 aliphatic carbocycles. The molecular formula is C9H17N3O. The molecule has 0 aliphatic rings. The Morgan fingerprint density at radius 2 is 2.08 bits per heavy atom. The Kier molecular flexibility index (Phi) is 3.89. The lowest BCUT2D eigenvalue weighted by Gasteiger charge is -2.03. The molecular weight excluding hydrogens is 166 g/mol. The van der Waals surface area contributed by atoms with Crippen LogP contribution in [0.3, 0.4) is 0 Å². The van der Waals surface area contributed by atoms with Crippen LogP contribution in [0.1, 0.15) is 38.1 Å². The molecule has 4 heteroatoms. The fourth-order valence-electron chi connectivity index (χ4n) is 1.39. The van der Waals surface area contributed by atoms with Crippen molar-refractivity contribution in [1.82, 2.24) is 15.0 Å². The molecule has 1 aromatic rings. The van der Waals surface area contributed by atoms with Crippen LogP contribution in [0.15, 0.2) is 0 Å². The largest absolute Gasteiger partial charge is 0.390 e. The zero-order valence-corrected chi connectivity index (χ0v) is 8.32. The fraction of sp³-hybridized carbons (Fsp3) is 0.778. The van der Waals surface area contributed by atoms with E-state index < -0.39 is 0 Å². The van der Waals surface area contributed by atoms with Crippen LogP contribution in [-0.2, 0) is 19.6 Å². The maximum Gasteiger partial charge on any atom is 0.111 e. The minimum atomic E-state index is -0.000945. The molecule has 1 N–H and O–H groups in total. The Morgan fingerprint density at radius 1 is 1.31 bits per heavy atom. The number of aromatic nitrogens is 3. The Morgan fingerprint density at radius 3 is 2.62 bits per heavy atom. The van der Waals surface area contributed by atoms with Crippen molar-refractivity contribution in [1.29, 1.82) is 0 Å². The standard InChI is InChI=1S/C9H17N3O/c1-3-5-9-8(7-13)10-11-12(9)6-4-2/h13H,3-7H2,1-2H3. The molecule has 0 saturated heterocycles. The number of aryl methyl sites for hydroxylation is 1. The minimum absolute atomic E-state index is 0.000945. The molecule has 0 atom stereocenters. The second-order valence-electron chi connectivity index (χ2n) is 3.11. The average molecular weight is 183 g/mol. The lowest BCUT2D eigenvalue weighted by atomic mass is 10.2. The highest BCUT2D eigenvalue weighted by Gasteiger charge is 2.09. The Hall–Kier alpha value is -0.900. The molecule has 0 aliphatic heterocycles. The van der Waals surface area contributed by atoms with Gasteiger partial charge in [-0.25, -0.2) is 4.68 Å². The minimum Gasteiger partial charge on any atom is -0.390 e. The molecule has 1 aromatic heterocycles. The van der Waals surface area contributed by atoms with Crippen LogP contribution in [0.2, 0.25) is 0 Å². The number of nitrogens with zero attached hydrogens (tertiary/aromatic N) is 3. The molecule has 0 radical (unpaired) electrons. The third-order valence-corrected chi connectivity index (χ3v) is 1.99. The third-order valence-electron chi connectivity index (χ3n) is 1.99. The van der Waals surface area contributed by atoms with Crippen molar-refractivity contribution in [3.05, 3.63) is 11.4 Å². The predicted octanol–water partition coefficient (Wildman–Crippen LogP) is 1.13. The third kappa shape index (κ3) is 2.28. The number of hydrogen-bond donors (Lipinski definition) is 1. The zero-order valence-electron chi connectivity index (χ0n) is 8.32. The van der Waals surface area contributed by atoms with Crippen molar-refractivity contribution < 1.29 is 5.11 Å². The van der Waals surface area contributed by atoms with E-state index in [-0.39, 0.29) is 6.61 Å². The van der Waals surface area contributed by atoms with Gasteiger partial charge in [0.15, 0.2) is 0 Å². The lowest BCUT2D eigenvalue weighted by molar-refractivity contribution is 0.275. The van der Waals surface area contributed by atoms with E-state index >= 15 is 0 Å². The van der Waals surface area contributed by atoms with E-state index in [1.165, 1.54) is 0 Å². The van der Waals surface area contributed by atoms with E-state index in [0.29, 0.717) is 0 Å². The highest BCUT2D eigenvalue weighted by atomic mass is 16.3. The Bertz CT molecular complexity index is 257. The van der Waals surface area contributed by atoms with Gasteiger partial charge in [0.1, 0.15) is 5.69 Å². The van der Waals surface area contributed by atoms with Crippen LogP contribution in [0.5, 0.6) is 0 Å². The van der Waals surface area contributed by atoms with Crippen molar-refractivity contribution in [2.24, 2.45) is 0 Å². The van der Waals surface area contributed by atoms with Gasteiger partial charge in [-0.3, -0.25) is 0 Å². The average Bonchev–Trinajstić information content (AvgIpc) is 2.50. The molecule has 0 unspecified atom stereocenters. The van der Waals surface area contributed by atoms with Crippen LogP contribution in [0.4, 0.5) is 0 Å². The van der Waals surface area contributed by atoms with Gasteiger partial charge in [0, 0.05) is 6.54 Å². The summed E-state index contributed by atoms with van der Waals surface area (Å²) >= 11 is 0. The van der Waals surface area contributed by atoms with Crippen LogP contribution >= 0.6 is 0 Å². The molecule has 1 rings (SSSR count). The van der Waals surface area contributed by atoms with Crippen LogP contribution < -0.4 is 0 Å². The Labute approximate surface area is 78.6 Å². The molecule has 13 heavy (non-hydrogen) atoms. The molecule has 0 amide bonds. The summed E-state index contributed by atoms with van der Waals surface area (Å²) in [7, 11) is 0. The first-order valence-electron chi connectivity index (χ1n) is 4.85. The van der Waals surface area contributed by atoms with E-state index in [1.54, 1.807) is 0 Å². The smallest absolute Gasteiger partial charge is 0.111 e. The summed E-state index contributed by atoms with van der Waals surface area (Å²) in [6.07, 6.45) is 3.05. The summed E-state index contributed by atoms with van der Waals surface area (Å²) in [6.45, 7) is 5.11. The molecule has 74 valence electrons. The SMILES string of the molecule is CCCc1c(CO)nnn1CCC. The summed E-state index contributed by atoms with van der Waals surface area (Å²) in [5.41, 5.74) is 1.82. The highest BCUT2D eigenvalue weighted by Crippen LogP contribution is 2.08. The number of aliphatic hydroxyl groups is 1. The van der Waals surface area contributed by atoms with Gasteiger partial charge in [0.25, 0.3) is 0 Å². The summed E-state index contributed by atoms with van der Waals surface area (Å²) in [4.78, 5) is 0. The summed E-state index contributed by atoms with van der Waals surface area (Å²) < 4.78 is 1.90. The topological polar surface area (TPSA) is 50.9 Å². The van der Waals surface area contributed by atoms with E-state index in [9.17, 15) is 0 Å². The van der Waals surface area contributed by atoms with Gasteiger partial charge < -0.3 is 5.11 Å². The molecule has 0 saturated carbocycles. The van der Waals surface area contributed by atoms with Crippen molar-refractivity contribution in [2.45, 2.75) is 46.3 Å². The van der Waals surface area contributed by atoms with Gasteiger partial charge in [-0.2, -0.15) is 0 Å². The summed E-state index contributed by atoms with van der Waals surface area (Å²) in [6, 6.07) is 0. The molecule has 0 spiro atoms. The van der Waals surface area contributed by atoms with Crippen molar-refractivity contribution in [2.75, 3.05) is 0 Å². The number of hydrogen-bond acceptors (Lipinski definition) is 3. The first kappa shape index (κ1) is 10.2. The molecule has 0 fully saturated rings. The predicted molar refractivity (Wildman–Crippen MR) is 50.2 cm³/mol. The first-order chi connectivity index (χ1) is 6.33. The van der Waals surface area contributed by atoms with E-state index in [2.05, 4.69) is 24.2 Å². The van der Waals surface area contributed by atoms with E-state index in [0.717, 1.165) is 37.2 Å². The van der Waals surface area contributed by atoms with Gasteiger partial charge in [-0.05, 0) is 12.8 Å². The van der Waals surface area contributed by atoms with Gasteiger partial charge in [0.05, 0.1) is 12.3 Å². The normalized spacial score (nSPS) is 10.7. The van der Waals surface area contributed by atoms with Gasteiger partial charge in [-0.1, -0.05) is 25.5 Å². The maximum atomic E-state index is 9.01. The summed E-state index contributed by atoms with van der Waals surface area (Å²) in [5, 5.41) is 16.9. The molecule has 4 nitrogen and oxygen atoms in total. The van der Waals surface area contributed by atoms with Crippen LogP contribution in [-0.4, -0.2) is 20.1 Å². The quantitative estimate of drug-likeness (QED) is 0.744. The second kappa shape index (κ2) is 4.97. The zero-order chi connectivity index (χ0) is 9.68. The van der Waals surface area contributed by atoms with Gasteiger partial charge in [0.2, 0.25) is 0 Å². The monoisotopic (exact) mass is 183 g/mol. The van der Waals surface area contributed by atoms with Gasteiger partial charge >= 0.3 is 0 Å². The second-order valence-corrected chi connectivity index (χ2v) is 3.11. The van der Waals surface area contributed by atoms with Crippen molar-refractivity contribution >= 4 is 0 Å². The number of rotatable bonds is 5. The number of aliphatic hydroxyl groups excluding tert-OH is 1. The molecule has 0 aromatic carbocycles. The van der Waals surface area contributed by atoms with E-state index in [4.69, 9.17) is 5.11 Å². The summed E-state index contributed by atoms with van der Waals surface area (Å²) in [5.74, 6) is 0. The van der Waals surface area contributed by atoms with Crippen LogP contribution in [0.25, 0.3) is 0 Å². The first-order valence-corrected chi connectivity index (χ1v) is 4.85.